The van der Waals surface area contributed by atoms with E-state index in [1.807, 2.05) is 11.6 Å². The van der Waals surface area contributed by atoms with Crippen LogP contribution in [0.5, 0.6) is 0 Å². The molecule has 0 aliphatic rings. The molecule has 0 fully saturated rings. The Morgan fingerprint density at radius 3 is 2.57 bits per heavy atom. The van der Waals surface area contributed by atoms with E-state index in [9.17, 15) is 13.2 Å². The summed E-state index contributed by atoms with van der Waals surface area (Å²) >= 11 is 1.24. The maximum Gasteiger partial charge on any atom is 0.329 e. The summed E-state index contributed by atoms with van der Waals surface area (Å²) in [6.45, 7) is 1.94. The van der Waals surface area contributed by atoms with Gasteiger partial charge in [0.15, 0.2) is 5.13 Å². The lowest BCUT2D eigenvalue weighted by Crippen LogP contribution is -2.39. The molecule has 0 saturated heterocycles. The van der Waals surface area contributed by atoms with Gasteiger partial charge >= 0.3 is 6.03 Å². The largest absolute Gasteiger partial charge is 0.375 e. The topological polar surface area (TPSA) is 114 Å². The number of hydrogen-bond donors (Lipinski definition) is 3. The van der Waals surface area contributed by atoms with Gasteiger partial charge in [0.05, 0.1) is 17.1 Å². The van der Waals surface area contributed by atoms with Crippen molar-refractivity contribution in [2.24, 2.45) is 0 Å². The van der Waals surface area contributed by atoms with Gasteiger partial charge in [-0.1, -0.05) is 17.7 Å². The molecule has 9 heteroatoms. The summed E-state index contributed by atoms with van der Waals surface area (Å²) in [5, 5.41) is 4.48. The molecule has 21 heavy (non-hydrogen) atoms. The Labute approximate surface area is 126 Å². The number of thiazole rings is 1. The number of aromatic nitrogens is 1. The number of anilines is 1. The van der Waals surface area contributed by atoms with Crippen LogP contribution in [0.1, 0.15) is 11.3 Å². The molecule has 0 bridgehead atoms. The lowest BCUT2D eigenvalue weighted by Gasteiger charge is -2.08. The number of nitrogens with one attached hydrogen (secondary N) is 2. The van der Waals surface area contributed by atoms with Crippen LogP contribution in [0.15, 0.2) is 34.5 Å². The van der Waals surface area contributed by atoms with E-state index in [-0.39, 0.29) is 11.4 Å². The van der Waals surface area contributed by atoms with Gasteiger partial charge in [-0.15, -0.1) is 11.3 Å². The minimum Gasteiger partial charge on any atom is -0.375 e. The molecule has 4 N–H and O–H groups in total. The molecule has 0 saturated carbocycles. The van der Waals surface area contributed by atoms with E-state index in [2.05, 4.69) is 10.3 Å². The molecule has 2 amide bonds. The summed E-state index contributed by atoms with van der Waals surface area (Å²) in [6.07, 6.45) is 0. The second-order valence-corrected chi connectivity index (χ2v) is 6.85. The number of aryl methyl sites for hydroxylation is 1. The first-order valence-corrected chi connectivity index (χ1v) is 8.30. The summed E-state index contributed by atoms with van der Waals surface area (Å²) < 4.78 is 25.9. The molecular formula is C12H14N4O3S2. The number of nitrogen functional groups attached to an aromatic ring is 1. The number of urea groups is 1. The molecule has 2 aromatic rings. The van der Waals surface area contributed by atoms with Crippen molar-refractivity contribution in [3.05, 3.63) is 40.9 Å². The van der Waals surface area contributed by atoms with E-state index in [0.717, 1.165) is 5.56 Å². The highest BCUT2D eigenvalue weighted by molar-refractivity contribution is 7.90. The highest BCUT2D eigenvalue weighted by Gasteiger charge is 2.17. The maximum absolute atomic E-state index is 12.0. The molecule has 112 valence electrons. The maximum atomic E-state index is 12.0. The Kier molecular flexibility index (Phi) is 4.43. The number of nitrogens with two attached hydrogens (primary N) is 1. The van der Waals surface area contributed by atoms with E-state index < -0.39 is 16.1 Å². The minimum absolute atomic E-state index is 0.0288. The molecule has 1 aromatic heterocycles. The fraction of sp³-hybridized carbons (Fsp3) is 0.167. The quantitative estimate of drug-likeness (QED) is 0.781. The van der Waals surface area contributed by atoms with E-state index in [0.29, 0.717) is 10.8 Å². The first kappa shape index (κ1) is 15.3. The summed E-state index contributed by atoms with van der Waals surface area (Å²) in [6, 6.07) is 5.37. The van der Waals surface area contributed by atoms with Crippen LogP contribution in [-0.2, 0) is 16.6 Å². The van der Waals surface area contributed by atoms with Crippen LogP contribution in [0.3, 0.4) is 0 Å². The first-order valence-electron chi connectivity index (χ1n) is 5.94. The zero-order valence-electron chi connectivity index (χ0n) is 11.2. The van der Waals surface area contributed by atoms with Crippen LogP contribution in [0.2, 0.25) is 0 Å². The molecule has 0 aliphatic carbocycles. The van der Waals surface area contributed by atoms with Gasteiger partial charge in [0.1, 0.15) is 0 Å². The third kappa shape index (κ3) is 4.17. The number of amides is 2. The van der Waals surface area contributed by atoms with E-state index >= 15 is 0 Å². The molecule has 7 nitrogen and oxygen atoms in total. The zero-order valence-corrected chi connectivity index (χ0v) is 12.8. The van der Waals surface area contributed by atoms with Crippen molar-refractivity contribution in [2.45, 2.75) is 18.4 Å². The van der Waals surface area contributed by atoms with Gasteiger partial charge in [-0.2, -0.15) is 0 Å². The summed E-state index contributed by atoms with van der Waals surface area (Å²) in [5.74, 6) is 0. The van der Waals surface area contributed by atoms with Gasteiger partial charge in [0, 0.05) is 5.38 Å². The van der Waals surface area contributed by atoms with Gasteiger partial charge in [-0.05, 0) is 19.1 Å². The number of rotatable bonds is 4. The van der Waals surface area contributed by atoms with Crippen LogP contribution in [-0.4, -0.2) is 19.4 Å². The highest BCUT2D eigenvalue weighted by Crippen LogP contribution is 2.11. The number of benzene rings is 1. The molecule has 0 atom stereocenters. The molecule has 1 heterocycles. The van der Waals surface area contributed by atoms with Gasteiger partial charge in [-0.25, -0.2) is 22.9 Å². The molecule has 2 rings (SSSR count). The fourth-order valence-electron chi connectivity index (χ4n) is 1.51. The third-order valence-corrected chi connectivity index (χ3v) is 4.63. The van der Waals surface area contributed by atoms with Crippen molar-refractivity contribution in [2.75, 3.05) is 5.73 Å². The van der Waals surface area contributed by atoms with Crippen molar-refractivity contribution in [1.29, 1.82) is 0 Å². The second-order valence-electron chi connectivity index (χ2n) is 4.28. The highest BCUT2D eigenvalue weighted by atomic mass is 32.2. The van der Waals surface area contributed by atoms with Crippen molar-refractivity contribution in [3.63, 3.8) is 0 Å². The summed E-state index contributed by atoms with van der Waals surface area (Å²) in [5.41, 5.74) is 6.96. The Bertz CT molecular complexity index is 738. The monoisotopic (exact) mass is 326 g/mol. The number of sulfonamides is 1. The van der Waals surface area contributed by atoms with Crippen LogP contribution < -0.4 is 15.8 Å². The SMILES string of the molecule is Cc1ccc(S(=O)(=O)NC(=O)NCc2csc(N)n2)cc1. The number of nitrogens with zero attached hydrogens (tertiary/aromatic N) is 1. The lowest BCUT2D eigenvalue weighted by molar-refractivity contribution is 0.245. The Morgan fingerprint density at radius 1 is 1.33 bits per heavy atom. The van der Waals surface area contributed by atoms with Gasteiger partial charge in [-0.3, -0.25) is 0 Å². The molecular weight excluding hydrogens is 312 g/mol. The van der Waals surface area contributed by atoms with Crippen LogP contribution in [0, 0.1) is 6.92 Å². The van der Waals surface area contributed by atoms with Gasteiger partial charge in [0.2, 0.25) is 0 Å². The Balaban J connectivity index is 1.96. The van der Waals surface area contributed by atoms with Crippen molar-refractivity contribution in [3.8, 4) is 0 Å². The Hall–Kier alpha value is -2.13. The van der Waals surface area contributed by atoms with Crippen molar-refractivity contribution in [1.82, 2.24) is 15.0 Å². The minimum atomic E-state index is -3.88. The van der Waals surface area contributed by atoms with Crippen LogP contribution in [0.4, 0.5) is 9.93 Å². The van der Waals surface area contributed by atoms with Crippen LogP contribution >= 0.6 is 11.3 Å². The molecule has 0 aliphatic heterocycles. The molecule has 0 unspecified atom stereocenters. The summed E-state index contributed by atoms with van der Waals surface area (Å²) in [7, 11) is -3.88. The predicted octanol–water partition coefficient (Wildman–Crippen LogP) is 1.22. The van der Waals surface area contributed by atoms with Crippen molar-refractivity contribution >= 4 is 32.5 Å². The predicted molar refractivity (Wildman–Crippen MR) is 80.3 cm³/mol. The first-order chi connectivity index (χ1) is 9.87. The standard InChI is InChI=1S/C12H14N4O3S2/c1-8-2-4-10(5-3-8)21(18,19)16-12(17)14-6-9-7-20-11(13)15-9/h2-5,7H,6H2,1H3,(H2,13,15)(H2,14,16,17). The number of carbonyl (C=O) groups is 1. The molecule has 0 radical (unpaired) electrons. The van der Waals surface area contributed by atoms with E-state index in [1.54, 1.807) is 17.5 Å². The van der Waals surface area contributed by atoms with E-state index in [1.165, 1.54) is 23.5 Å². The van der Waals surface area contributed by atoms with Crippen molar-refractivity contribution < 1.29 is 13.2 Å². The smallest absolute Gasteiger partial charge is 0.329 e. The average Bonchev–Trinajstić information content (AvgIpc) is 2.82. The van der Waals surface area contributed by atoms with Gasteiger partial charge < -0.3 is 11.1 Å². The lowest BCUT2D eigenvalue weighted by atomic mass is 10.2. The number of hydrogen-bond acceptors (Lipinski definition) is 6. The second kappa shape index (κ2) is 6.10. The number of carbonyl (C=O) groups excluding carboxylic acids is 1. The zero-order chi connectivity index (χ0) is 15.5. The third-order valence-electron chi connectivity index (χ3n) is 2.56. The Morgan fingerprint density at radius 2 is 2.00 bits per heavy atom. The molecule has 0 spiro atoms. The normalized spacial score (nSPS) is 11.1. The van der Waals surface area contributed by atoms with Crippen LogP contribution in [0.25, 0.3) is 0 Å². The fourth-order valence-corrected chi connectivity index (χ4v) is 3.00. The molecule has 1 aromatic carbocycles. The average molecular weight is 326 g/mol. The van der Waals surface area contributed by atoms with E-state index in [4.69, 9.17) is 5.73 Å². The van der Waals surface area contributed by atoms with Gasteiger partial charge in [0.25, 0.3) is 10.0 Å². The summed E-state index contributed by atoms with van der Waals surface area (Å²) in [4.78, 5) is 15.6.